The molecule has 0 saturated carbocycles. The van der Waals surface area contributed by atoms with Gasteiger partial charge in [-0.2, -0.15) is 5.10 Å². The van der Waals surface area contributed by atoms with Crippen molar-refractivity contribution < 1.29 is 14.3 Å². The first-order valence-corrected chi connectivity index (χ1v) is 9.89. The molecule has 0 unspecified atom stereocenters. The molecule has 31 heavy (non-hydrogen) atoms. The zero-order chi connectivity index (χ0) is 22.1. The number of nitrogens with one attached hydrogen (secondary N) is 1. The van der Waals surface area contributed by atoms with Gasteiger partial charge < -0.3 is 19.4 Å². The third kappa shape index (κ3) is 3.50. The molecule has 0 bridgehead atoms. The first kappa shape index (κ1) is 20.5. The fourth-order valence-electron chi connectivity index (χ4n) is 3.86. The molecule has 2 aromatic heterocycles. The first-order valence-electron chi connectivity index (χ1n) is 9.89. The number of hydrogen-bond donors (Lipinski definition) is 1. The number of ether oxygens (including phenoxy) is 2. The minimum Gasteiger partial charge on any atom is -0.497 e. The van der Waals surface area contributed by atoms with Crippen molar-refractivity contribution in [1.82, 2.24) is 19.7 Å². The van der Waals surface area contributed by atoms with Crippen molar-refractivity contribution in [2.24, 2.45) is 7.05 Å². The van der Waals surface area contributed by atoms with E-state index in [2.05, 4.69) is 10.4 Å². The number of nitrogens with zero attached hydrogens (tertiary/aromatic N) is 3. The molecule has 0 aliphatic rings. The van der Waals surface area contributed by atoms with Crippen LogP contribution in [-0.2, 0) is 18.4 Å². The number of aryl methyl sites for hydroxylation is 1. The van der Waals surface area contributed by atoms with Crippen LogP contribution in [0.25, 0.3) is 21.8 Å². The van der Waals surface area contributed by atoms with Crippen LogP contribution in [0.2, 0.25) is 0 Å². The Morgan fingerprint density at radius 3 is 2.65 bits per heavy atom. The van der Waals surface area contributed by atoms with Gasteiger partial charge in [0.2, 0.25) is 5.91 Å². The average molecular weight is 420 g/mol. The third-order valence-corrected chi connectivity index (χ3v) is 5.51. The minimum absolute atomic E-state index is 0.216. The van der Waals surface area contributed by atoms with Crippen LogP contribution >= 0.6 is 0 Å². The predicted octanol–water partition coefficient (Wildman–Crippen LogP) is 2.78. The molecule has 1 atom stereocenters. The number of rotatable bonds is 6. The van der Waals surface area contributed by atoms with Gasteiger partial charge in [0, 0.05) is 29.9 Å². The summed E-state index contributed by atoms with van der Waals surface area (Å²) in [6, 6.07) is 12.4. The maximum atomic E-state index is 13.1. The number of fused-ring (bicyclic) bond motifs is 3. The maximum Gasteiger partial charge on any atom is 0.291 e. The maximum absolute atomic E-state index is 13.1. The van der Waals surface area contributed by atoms with Crippen molar-refractivity contribution in [2.45, 2.75) is 19.5 Å². The molecule has 0 saturated heterocycles. The van der Waals surface area contributed by atoms with Gasteiger partial charge in [0.1, 0.15) is 23.1 Å². The Hall–Kier alpha value is -3.81. The van der Waals surface area contributed by atoms with Crippen molar-refractivity contribution in [1.29, 1.82) is 0 Å². The molecule has 1 amide bonds. The lowest BCUT2D eigenvalue weighted by molar-refractivity contribution is -0.123. The molecular weight excluding hydrogens is 396 g/mol. The van der Waals surface area contributed by atoms with Crippen LogP contribution < -0.4 is 20.3 Å². The molecule has 2 aromatic carbocycles. The monoisotopic (exact) mass is 420 g/mol. The summed E-state index contributed by atoms with van der Waals surface area (Å²) in [5, 5.41) is 8.72. The Balaban J connectivity index is 1.71. The highest BCUT2D eigenvalue weighted by atomic mass is 16.5. The van der Waals surface area contributed by atoms with Crippen LogP contribution in [0.15, 0.2) is 53.5 Å². The molecule has 4 aromatic rings. The predicted molar refractivity (Wildman–Crippen MR) is 119 cm³/mol. The lowest BCUT2D eigenvalue weighted by Gasteiger charge is -2.17. The summed E-state index contributed by atoms with van der Waals surface area (Å²) in [6.07, 6.45) is 1.67. The highest BCUT2D eigenvalue weighted by Gasteiger charge is 2.23. The number of hydrogen-bond acceptors (Lipinski definition) is 5. The first-order chi connectivity index (χ1) is 15.0. The Bertz CT molecular complexity index is 1340. The van der Waals surface area contributed by atoms with Gasteiger partial charge in [-0.3, -0.25) is 9.59 Å². The van der Waals surface area contributed by atoms with E-state index in [4.69, 9.17) is 9.47 Å². The second-order valence-corrected chi connectivity index (χ2v) is 7.29. The van der Waals surface area contributed by atoms with Crippen LogP contribution in [0.1, 0.15) is 18.5 Å². The number of methoxy groups -OCH3 is 2. The smallest absolute Gasteiger partial charge is 0.291 e. The van der Waals surface area contributed by atoms with E-state index in [0.717, 1.165) is 21.9 Å². The van der Waals surface area contributed by atoms with Gasteiger partial charge in [0.25, 0.3) is 5.56 Å². The molecule has 4 rings (SSSR count). The summed E-state index contributed by atoms with van der Waals surface area (Å²) in [4.78, 5) is 26.0. The van der Waals surface area contributed by atoms with E-state index in [1.807, 2.05) is 30.3 Å². The number of carbonyl (C=O) groups excluding carboxylic acids is 1. The van der Waals surface area contributed by atoms with E-state index in [1.54, 1.807) is 51.1 Å². The van der Waals surface area contributed by atoms with Gasteiger partial charge in [-0.15, -0.1) is 0 Å². The quantitative estimate of drug-likeness (QED) is 0.518. The second kappa shape index (κ2) is 8.14. The standard InChI is InChI=1S/C23H24N4O4/c1-14(22(28)24-12-15-11-16(30-3)9-10-20(15)31-4)27-19-8-6-5-7-17(19)18-13-25-26(2)23(29)21(18)27/h5-11,13-14H,12H2,1-4H3,(H,24,28)/t14-/m1/s1. The Kier molecular flexibility index (Phi) is 5.37. The topological polar surface area (TPSA) is 87.4 Å². The van der Waals surface area contributed by atoms with Gasteiger partial charge in [-0.25, -0.2) is 4.68 Å². The van der Waals surface area contributed by atoms with Crippen LogP contribution in [-0.4, -0.2) is 34.5 Å². The van der Waals surface area contributed by atoms with Crippen molar-refractivity contribution >= 4 is 27.7 Å². The summed E-state index contributed by atoms with van der Waals surface area (Å²) < 4.78 is 13.7. The average Bonchev–Trinajstić information content (AvgIpc) is 3.14. The molecule has 0 fully saturated rings. The molecule has 0 aliphatic heterocycles. The number of carbonyl (C=O) groups is 1. The summed E-state index contributed by atoms with van der Waals surface area (Å²) in [7, 11) is 4.77. The van der Waals surface area contributed by atoms with Crippen LogP contribution in [0, 0.1) is 0 Å². The van der Waals surface area contributed by atoms with Crippen LogP contribution in [0.4, 0.5) is 0 Å². The number of aromatic nitrogens is 3. The number of para-hydroxylation sites is 1. The van der Waals surface area contributed by atoms with Crippen LogP contribution in [0.3, 0.4) is 0 Å². The van der Waals surface area contributed by atoms with E-state index in [0.29, 0.717) is 17.0 Å². The fourth-order valence-corrected chi connectivity index (χ4v) is 3.86. The summed E-state index contributed by atoms with van der Waals surface area (Å²) in [5.74, 6) is 1.12. The molecule has 0 radical (unpaired) electrons. The Morgan fingerprint density at radius 2 is 1.90 bits per heavy atom. The molecule has 160 valence electrons. The normalized spacial score (nSPS) is 12.1. The lowest BCUT2D eigenvalue weighted by atomic mass is 10.1. The Labute approximate surface area is 179 Å². The zero-order valence-electron chi connectivity index (χ0n) is 17.9. The number of benzene rings is 2. The van der Waals surface area contributed by atoms with E-state index >= 15 is 0 Å². The lowest BCUT2D eigenvalue weighted by Crippen LogP contribution is -2.32. The molecule has 0 aliphatic carbocycles. The summed E-state index contributed by atoms with van der Waals surface area (Å²) in [6.45, 7) is 2.05. The molecule has 8 heteroatoms. The highest BCUT2D eigenvalue weighted by molar-refractivity contribution is 6.08. The van der Waals surface area contributed by atoms with Gasteiger partial charge in [-0.05, 0) is 31.2 Å². The largest absolute Gasteiger partial charge is 0.497 e. The molecule has 2 heterocycles. The molecular formula is C23H24N4O4. The second-order valence-electron chi connectivity index (χ2n) is 7.29. The van der Waals surface area contributed by atoms with Gasteiger partial charge in [0.05, 0.1) is 25.9 Å². The SMILES string of the molecule is COc1ccc(OC)c(CNC(=O)[C@@H](C)n2c3ccccc3c3cnn(C)c(=O)c32)c1. The van der Waals surface area contributed by atoms with E-state index in [-0.39, 0.29) is 18.0 Å². The van der Waals surface area contributed by atoms with E-state index < -0.39 is 6.04 Å². The van der Waals surface area contributed by atoms with Gasteiger partial charge in [-0.1, -0.05) is 18.2 Å². The fraction of sp³-hybridized carbons (Fsp3) is 0.261. The highest BCUT2D eigenvalue weighted by Crippen LogP contribution is 2.30. The van der Waals surface area contributed by atoms with Crippen molar-refractivity contribution in [3.63, 3.8) is 0 Å². The van der Waals surface area contributed by atoms with Crippen molar-refractivity contribution in [3.05, 3.63) is 64.6 Å². The van der Waals surface area contributed by atoms with Crippen LogP contribution in [0.5, 0.6) is 11.5 Å². The van der Waals surface area contributed by atoms with E-state index in [9.17, 15) is 9.59 Å². The summed E-state index contributed by atoms with van der Waals surface area (Å²) in [5.41, 5.74) is 1.82. The van der Waals surface area contributed by atoms with E-state index in [1.165, 1.54) is 4.68 Å². The molecule has 1 N–H and O–H groups in total. The molecule has 0 spiro atoms. The third-order valence-electron chi connectivity index (χ3n) is 5.51. The van der Waals surface area contributed by atoms with Gasteiger partial charge >= 0.3 is 0 Å². The Morgan fingerprint density at radius 1 is 1.13 bits per heavy atom. The van der Waals surface area contributed by atoms with Crippen molar-refractivity contribution in [3.8, 4) is 11.5 Å². The van der Waals surface area contributed by atoms with Gasteiger partial charge in [0.15, 0.2) is 0 Å². The summed E-state index contributed by atoms with van der Waals surface area (Å²) >= 11 is 0. The minimum atomic E-state index is -0.617. The van der Waals surface area contributed by atoms with Crippen molar-refractivity contribution in [2.75, 3.05) is 14.2 Å². The molecule has 8 nitrogen and oxygen atoms in total. The number of amides is 1. The zero-order valence-corrected chi connectivity index (χ0v) is 17.9.